The summed E-state index contributed by atoms with van der Waals surface area (Å²) >= 11 is 5.65. The van der Waals surface area contributed by atoms with Crippen LogP contribution in [0, 0.1) is 12.7 Å². The van der Waals surface area contributed by atoms with Gasteiger partial charge in [-0.1, -0.05) is 23.2 Å². The summed E-state index contributed by atoms with van der Waals surface area (Å²) in [5.74, 6) is -1.66. The Morgan fingerprint density at radius 1 is 1.33 bits per heavy atom. The van der Waals surface area contributed by atoms with Gasteiger partial charge in [0.25, 0.3) is 0 Å². The van der Waals surface area contributed by atoms with Crippen LogP contribution in [0.5, 0.6) is 0 Å². The van der Waals surface area contributed by atoms with E-state index in [9.17, 15) is 9.18 Å². The Morgan fingerprint density at radius 2 is 2.06 bits per heavy atom. The first-order valence-electron chi connectivity index (χ1n) is 5.14. The zero-order valence-electron chi connectivity index (χ0n) is 9.45. The third-order valence-electron chi connectivity index (χ3n) is 2.51. The molecule has 1 heterocycles. The molecule has 92 valence electrons. The predicted octanol–water partition coefficient (Wildman–Crippen LogP) is 3.55. The van der Waals surface area contributed by atoms with Crippen LogP contribution in [0.25, 0.3) is 11.1 Å². The maximum Gasteiger partial charge on any atom is 0.336 e. The summed E-state index contributed by atoms with van der Waals surface area (Å²) in [6.45, 7) is 1.80. The zero-order chi connectivity index (χ0) is 13.3. The molecule has 0 atom stereocenters. The molecule has 0 saturated heterocycles. The molecule has 0 spiro atoms. The van der Waals surface area contributed by atoms with Crippen molar-refractivity contribution in [3.63, 3.8) is 0 Å². The van der Waals surface area contributed by atoms with Crippen molar-refractivity contribution >= 4 is 17.6 Å². The third kappa shape index (κ3) is 2.33. The molecule has 18 heavy (non-hydrogen) atoms. The van der Waals surface area contributed by atoms with Crippen LogP contribution in [0.2, 0.25) is 5.15 Å². The second-order valence-corrected chi connectivity index (χ2v) is 4.23. The van der Waals surface area contributed by atoms with E-state index in [0.717, 1.165) is 5.56 Å². The number of nitrogens with zero attached hydrogens (tertiary/aromatic N) is 1. The molecule has 1 N–H and O–H groups in total. The van der Waals surface area contributed by atoms with Crippen LogP contribution >= 0.6 is 11.6 Å². The molecule has 0 radical (unpaired) electrons. The molecule has 1 aromatic carbocycles. The molecule has 0 fully saturated rings. The molecule has 0 saturated carbocycles. The maximum absolute atomic E-state index is 13.7. The molecule has 1 aromatic heterocycles. The Kier molecular flexibility index (Phi) is 3.30. The van der Waals surface area contributed by atoms with E-state index in [2.05, 4.69) is 4.98 Å². The first kappa shape index (κ1) is 12.5. The fraction of sp³-hybridized carbons (Fsp3) is 0.0769. The molecular formula is C13H9ClFNO2. The van der Waals surface area contributed by atoms with Gasteiger partial charge in [0, 0.05) is 17.3 Å². The van der Waals surface area contributed by atoms with Crippen molar-refractivity contribution in [1.29, 1.82) is 0 Å². The highest BCUT2D eigenvalue weighted by Gasteiger charge is 2.16. The van der Waals surface area contributed by atoms with E-state index in [4.69, 9.17) is 16.7 Å². The molecule has 2 rings (SSSR count). The number of aromatic nitrogens is 1. The fourth-order valence-electron chi connectivity index (χ4n) is 1.67. The fourth-order valence-corrected chi connectivity index (χ4v) is 1.82. The number of carboxylic acid groups (broad SMARTS) is 1. The number of hydrogen-bond acceptors (Lipinski definition) is 2. The van der Waals surface area contributed by atoms with Gasteiger partial charge in [-0.05, 0) is 25.1 Å². The first-order valence-corrected chi connectivity index (χ1v) is 5.52. The van der Waals surface area contributed by atoms with E-state index in [1.807, 2.05) is 0 Å². The van der Waals surface area contributed by atoms with Crippen LogP contribution in [0.1, 0.15) is 15.9 Å². The monoisotopic (exact) mass is 265 g/mol. The summed E-state index contributed by atoms with van der Waals surface area (Å²) < 4.78 is 13.7. The van der Waals surface area contributed by atoms with Crippen LogP contribution in [0.15, 0.2) is 30.5 Å². The Balaban J connectivity index is 2.70. The number of hydrogen-bond donors (Lipinski definition) is 1. The van der Waals surface area contributed by atoms with Gasteiger partial charge >= 0.3 is 5.97 Å². The smallest absolute Gasteiger partial charge is 0.336 e. The number of carboxylic acids is 1. The van der Waals surface area contributed by atoms with Crippen molar-refractivity contribution in [2.45, 2.75) is 6.92 Å². The number of halogens is 2. The molecule has 0 aliphatic rings. The second-order valence-electron chi connectivity index (χ2n) is 3.84. The lowest BCUT2D eigenvalue weighted by atomic mass is 10.00. The van der Waals surface area contributed by atoms with Gasteiger partial charge in [0.05, 0.1) is 5.56 Å². The highest BCUT2D eigenvalue weighted by Crippen LogP contribution is 2.28. The number of pyridine rings is 1. The van der Waals surface area contributed by atoms with Gasteiger partial charge in [0.2, 0.25) is 0 Å². The zero-order valence-corrected chi connectivity index (χ0v) is 10.2. The summed E-state index contributed by atoms with van der Waals surface area (Å²) in [7, 11) is 0. The van der Waals surface area contributed by atoms with Crippen LogP contribution in [-0.4, -0.2) is 16.1 Å². The minimum Gasteiger partial charge on any atom is -0.478 e. The summed E-state index contributed by atoms with van der Waals surface area (Å²) in [6.07, 6.45) is 1.27. The van der Waals surface area contributed by atoms with Gasteiger partial charge in [-0.25, -0.2) is 14.2 Å². The van der Waals surface area contributed by atoms with E-state index < -0.39 is 11.8 Å². The average Bonchev–Trinajstić information content (AvgIpc) is 2.32. The van der Waals surface area contributed by atoms with Crippen molar-refractivity contribution in [2.75, 3.05) is 0 Å². The van der Waals surface area contributed by atoms with E-state index in [1.54, 1.807) is 19.1 Å². The highest BCUT2D eigenvalue weighted by molar-refractivity contribution is 6.29. The normalized spacial score (nSPS) is 10.4. The lowest BCUT2D eigenvalue weighted by Gasteiger charge is -2.08. The van der Waals surface area contributed by atoms with Gasteiger partial charge in [-0.15, -0.1) is 0 Å². The van der Waals surface area contributed by atoms with E-state index in [-0.39, 0.29) is 21.8 Å². The molecule has 5 heteroatoms. The Hall–Kier alpha value is -1.94. The van der Waals surface area contributed by atoms with Gasteiger partial charge in [-0.3, -0.25) is 0 Å². The van der Waals surface area contributed by atoms with Crippen molar-refractivity contribution in [3.8, 4) is 11.1 Å². The maximum atomic E-state index is 13.7. The Labute approximate surface area is 108 Å². The molecule has 0 unspecified atom stereocenters. The van der Waals surface area contributed by atoms with E-state index >= 15 is 0 Å². The SMILES string of the molecule is Cc1ccc(F)c(-c2cnc(Cl)cc2C(=O)O)c1. The van der Waals surface area contributed by atoms with Crippen molar-refractivity contribution in [1.82, 2.24) is 4.98 Å². The van der Waals surface area contributed by atoms with Crippen LogP contribution in [0.3, 0.4) is 0 Å². The van der Waals surface area contributed by atoms with Crippen molar-refractivity contribution < 1.29 is 14.3 Å². The molecule has 0 aliphatic heterocycles. The topological polar surface area (TPSA) is 50.2 Å². The van der Waals surface area contributed by atoms with Crippen molar-refractivity contribution in [2.24, 2.45) is 0 Å². The minimum atomic E-state index is -1.17. The van der Waals surface area contributed by atoms with Crippen LogP contribution in [0.4, 0.5) is 4.39 Å². The quantitative estimate of drug-likeness (QED) is 0.845. The first-order chi connectivity index (χ1) is 8.49. The Morgan fingerprint density at radius 3 is 2.72 bits per heavy atom. The lowest BCUT2D eigenvalue weighted by molar-refractivity contribution is 0.0697. The predicted molar refractivity (Wildman–Crippen MR) is 66.3 cm³/mol. The van der Waals surface area contributed by atoms with Crippen molar-refractivity contribution in [3.05, 3.63) is 52.6 Å². The molecular weight excluding hydrogens is 257 g/mol. The number of benzene rings is 1. The molecule has 0 amide bonds. The number of carbonyl (C=O) groups is 1. The summed E-state index contributed by atoms with van der Waals surface area (Å²) in [6, 6.07) is 5.70. The molecule has 3 nitrogen and oxygen atoms in total. The van der Waals surface area contributed by atoms with Gasteiger partial charge in [-0.2, -0.15) is 0 Å². The second kappa shape index (κ2) is 4.74. The third-order valence-corrected chi connectivity index (χ3v) is 2.72. The van der Waals surface area contributed by atoms with E-state index in [1.165, 1.54) is 18.3 Å². The molecule has 0 aliphatic carbocycles. The van der Waals surface area contributed by atoms with Gasteiger partial charge < -0.3 is 5.11 Å². The minimum absolute atomic E-state index is 0.0595. The van der Waals surface area contributed by atoms with Crippen LogP contribution < -0.4 is 0 Å². The summed E-state index contributed by atoms with van der Waals surface area (Å²) in [5, 5.41) is 9.16. The average molecular weight is 266 g/mol. The number of aromatic carboxylic acids is 1. The van der Waals surface area contributed by atoms with Gasteiger partial charge in [0.1, 0.15) is 11.0 Å². The number of aryl methyl sites for hydroxylation is 1. The van der Waals surface area contributed by atoms with Gasteiger partial charge in [0.15, 0.2) is 0 Å². The summed E-state index contributed by atoms with van der Waals surface area (Å²) in [5.41, 5.74) is 1.18. The Bertz CT molecular complexity index is 628. The summed E-state index contributed by atoms with van der Waals surface area (Å²) in [4.78, 5) is 14.9. The molecule has 0 bridgehead atoms. The lowest BCUT2D eigenvalue weighted by Crippen LogP contribution is -2.01. The van der Waals surface area contributed by atoms with Crippen LogP contribution in [-0.2, 0) is 0 Å². The standard InChI is InChI=1S/C13H9ClFNO2/c1-7-2-3-11(15)8(4-7)10-6-16-12(14)5-9(10)13(17)18/h2-6H,1H3,(H,17,18). The highest BCUT2D eigenvalue weighted by atomic mass is 35.5. The number of rotatable bonds is 2. The largest absolute Gasteiger partial charge is 0.478 e. The van der Waals surface area contributed by atoms with E-state index in [0.29, 0.717) is 0 Å². The molecule has 2 aromatic rings.